The zero-order valence-electron chi connectivity index (χ0n) is 17.4. The van der Waals surface area contributed by atoms with Crippen molar-refractivity contribution in [3.63, 3.8) is 0 Å². The van der Waals surface area contributed by atoms with Crippen LogP contribution in [0.25, 0.3) is 0 Å². The number of nitro benzene ring substituents is 1. The molecule has 2 aromatic rings. The number of methoxy groups -OCH3 is 1. The monoisotopic (exact) mass is 415 g/mol. The molecule has 1 amide bonds. The van der Waals surface area contributed by atoms with Gasteiger partial charge in [-0.3, -0.25) is 14.9 Å². The minimum atomic E-state index is -1.11. The van der Waals surface area contributed by atoms with Gasteiger partial charge >= 0.3 is 5.97 Å². The van der Waals surface area contributed by atoms with Gasteiger partial charge in [-0.1, -0.05) is 12.1 Å². The molecule has 9 nitrogen and oxygen atoms in total. The average molecular weight is 415 g/mol. The number of nitrogens with zero attached hydrogens (tertiary/aromatic N) is 1. The molecule has 0 aromatic heterocycles. The van der Waals surface area contributed by atoms with Gasteiger partial charge in [-0.25, -0.2) is 4.79 Å². The molecule has 2 rings (SSSR count). The first-order valence-corrected chi connectivity index (χ1v) is 9.33. The molecule has 0 radical (unpaired) electrons. The highest BCUT2D eigenvalue weighted by atomic mass is 16.6. The lowest BCUT2D eigenvalue weighted by atomic mass is 10.1. The van der Waals surface area contributed by atoms with Crippen LogP contribution in [0.5, 0.6) is 0 Å². The second-order valence-electron chi connectivity index (χ2n) is 6.76. The average Bonchev–Trinajstić information content (AvgIpc) is 2.70. The van der Waals surface area contributed by atoms with E-state index < -0.39 is 22.9 Å². The molecule has 0 fully saturated rings. The Kier molecular flexibility index (Phi) is 7.88. The van der Waals surface area contributed by atoms with Gasteiger partial charge in [0.25, 0.3) is 11.6 Å². The lowest BCUT2D eigenvalue weighted by Crippen LogP contribution is -2.30. The van der Waals surface area contributed by atoms with Crippen molar-refractivity contribution in [1.29, 1.82) is 0 Å². The van der Waals surface area contributed by atoms with Crippen LogP contribution in [0.15, 0.2) is 36.4 Å². The van der Waals surface area contributed by atoms with Crippen LogP contribution < -0.4 is 10.6 Å². The molecular formula is C21H25N3O6. The van der Waals surface area contributed by atoms with Gasteiger partial charge in [-0.2, -0.15) is 0 Å². The first kappa shape index (κ1) is 22.8. The molecular weight excluding hydrogens is 390 g/mol. The van der Waals surface area contributed by atoms with Crippen molar-refractivity contribution >= 4 is 28.9 Å². The fourth-order valence-electron chi connectivity index (χ4n) is 2.64. The van der Waals surface area contributed by atoms with Crippen LogP contribution in [-0.4, -0.2) is 43.2 Å². The van der Waals surface area contributed by atoms with Crippen molar-refractivity contribution in [2.75, 3.05) is 30.9 Å². The quantitative estimate of drug-likeness (QED) is 0.278. The predicted octanol–water partition coefficient (Wildman–Crippen LogP) is 3.45. The molecule has 0 aliphatic rings. The minimum Gasteiger partial charge on any atom is -0.449 e. The summed E-state index contributed by atoms with van der Waals surface area (Å²) in [6, 6.07) is 9.44. The summed E-state index contributed by atoms with van der Waals surface area (Å²) in [5.74, 6) is -1.35. The number of rotatable bonds is 9. The van der Waals surface area contributed by atoms with E-state index in [1.165, 1.54) is 26.2 Å². The molecule has 0 unspecified atom stereocenters. The molecule has 1 atom stereocenters. The van der Waals surface area contributed by atoms with E-state index in [1.807, 2.05) is 32.0 Å². The Balaban J connectivity index is 2.16. The summed E-state index contributed by atoms with van der Waals surface area (Å²) in [5.41, 5.74) is 2.53. The first-order valence-electron chi connectivity index (χ1n) is 9.33. The lowest BCUT2D eigenvalue weighted by molar-refractivity contribution is -0.384. The SMILES string of the molecule is COCCNc1ccc([N+](=O)[O-])cc1C(=O)O[C@@H](C)C(=O)Nc1cc(C)ccc1C. The van der Waals surface area contributed by atoms with E-state index in [0.29, 0.717) is 24.5 Å². The van der Waals surface area contributed by atoms with Gasteiger partial charge in [-0.05, 0) is 44.0 Å². The molecule has 160 valence electrons. The fourth-order valence-corrected chi connectivity index (χ4v) is 2.64. The summed E-state index contributed by atoms with van der Waals surface area (Å²) < 4.78 is 10.2. The van der Waals surface area contributed by atoms with Crippen molar-refractivity contribution in [1.82, 2.24) is 0 Å². The number of ether oxygens (including phenoxy) is 2. The minimum absolute atomic E-state index is 0.0355. The van der Waals surface area contributed by atoms with Crippen molar-refractivity contribution in [2.24, 2.45) is 0 Å². The second-order valence-corrected chi connectivity index (χ2v) is 6.76. The van der Waals surface area contributed by atoms with E-state index in [-0.39, 0.29) is 11.3 Å². The fraction of sp³-hybridized carbons (Fsp3) is 0.333. The zero-order valence-corrected chi connectivity index (χ0v) is 17.4. The van der Waals surface area contributed by atoms with Crippen molar-refractivity contribution in [3.8, 4) is 0 Å². The number of amides is 1. The summed E-state index contributed by atoms with van der Waals surface area (Å²) >= 11 is 0. The van der Waals surface area contributed by atoms with E-state index in [9.17, 15) is 19.7 Å². The van der Waals surface area contributed by atoms with E-state index >= 15 is 0 Å². The number of non-ortho nitro benzene ring substituents is 1. The number of hydrogen-bond donors (Lipinski definition) is 2. The maximum Gasteiger partial charge on any atom is 0.341 e. The number of esters is 1. The Morgan fingerprint density at radius 2 is 1.87 bits per heavy atom. The Morgan fingerprint density at radius 3 is 2.53 bits per heavy atom. The van der Waals surface area contributed by atoms with Crippen LogP contribution in [-0.2, 0) is 14.3 Å². The summed E-state index contributed by atoms with van der Waals surface area (Å²) in [5, 5.41) is 16.8. The van der Waals surface area contributed by atoms with E-state index in [0.717, 1.165) is 17.2 Å². The maximum absolute atomic E-state index is 12.7. The van der Waals surface area contributed by atoms with Gasteiger partial charge in [0.2, 0.25) is 0 Å². The molecule has 2 N–H and O–H groups in total. The number of benzene rings is 2. The number of nitro groups is 1. The molecule has 0 bridgehead atoms. The summed E-state index contributed by atoms with van der Waals surface area (Å²) in [4.78, 5) is 35.6. The molecule has 9 heteroatoms. The van der Waals surface area contributed by atoms with Gasteiger partial charge in [0, 0.05) is 37.2 Å². The number of carbonyl (C=O) groups is 2. The van der Waals surface area contributed by atoms with Crippen molar-refractivity contribution in [2.45, 2.75) is 26.9 Å². The lowest BCUT2D eigenvalue weighted by Gasteiger charge is -2.16. The Hall–Kier alpha value is -3.46. The van der Waals surface area contributed by atoms with Crippen molar-refractivity contribution in [3.05, 3.63) is 63.2 Å². The summed E-state index contributed by atoms with van der Waals surface area (Å²) in [6.07, 6.45) is -1.11. The standard InChI is InChI=1S/C21H25N3O6/c1-13-5-6-14(2)19(11-13)23-20(25)15(3)30-21(26)17-12-16(24(27)28)7-8-18(17)22-9-10-29-4/h5-8,11-12,15,22H,9-10H2,1-4H3,(H,23,25)/t15-/m0/s1. The highest BCUT2D eigenvalue weighted by Gasteiger charge is 2.23. The van der Waals surface area contributed by atoms with Gasteiger partial charge in [0.1, 0.15) is 0 Å². The number of carbonyl (C=O) groups excluding carboxylic acids is 2. The number of aryl methyl sites for hydroxylation is 2. The number of nitrogens with one attached hydrogen (secondary N) is 2. The highest BCUT2D eigenvalue weighted by molar-refractivity contribution is 6.00. The molecule has 0 aliphatic heterocycles. The molecule has 0 saturated heterocycles. The first-order chi connectivity index (χ1) is 14.2. The van der Waals surface area contributed by atoms with Crippen LogP contribution in [0.1, 0.15) is 28.4 Å². The third kappa shape index (κ3) is 6.02. The van der Waals surface area contributed by atoms with Gasteiger partial charge in [0.15, 0.2) is 6.10 Å². The normalized spacial score (nSPS) is 11.5. The topological polar surface area (TPSA) is 120 Å². The Bertz CT molecular complexity index is 944. The van der Waals surface area contributed by atoms with E-state index in [1.54, 1.807) is 0 Å². The second kappa shape index (κ2) is 10.4. The van der Waals surface area contributed by atoms with Gasteiger partial charge < -0.3 is 20.1 Å². The highest BCUT2D eigenvalue weighted by Crippen LogP contribution is 2.24. The van der Waals surface area contributed by atoms with Crippen LogP contribution in [0.3, 0.4) is 0 Å². The molecule has 0 aliphatic carbocycles. The Morgan fingerprint density at radius 1 is 1.13 bits per heavy atom. The predicted molar refractivity (Wildman–Crippen MR) is 113 cm³/mol. The molecule has 2 aromatic carbocycles. The third-order valence-corrected chi connectivity index (χ3v) is 4.36. The van der Waals surface area contributed by atoms with Crippen LogP contribution in [0.4, 0.5) is 17.1 Å². The number of hydrogen-bond acceptors (Lipinski definition) is 7. The van der Waals surface area contributed by atoms with Crippen molar-refractivity contribution < 1.29 is 24.0 Å². The van der Waals surface area contributed by atoms with E-state index in [4.69, 9.17) is 9.47 Å². The van der Waals surface area contributed by atoms with Gasteiger partial charge in [0.05, 0.1) is 17.1 Å². The molecule has 0 spiro atoms. The van der Waals surface area contributed by atoms with Gasteiger partial charge in [-0.15, -0.1) is 0 Å². The molecule has 30 heavy (non-hydrogen) atoms. The Labute approximate surface area is 174 Å². The smallest absolute Gasteiger partial charge is 0.341 e. The van der Waals surface area contributed by atoms with Crippen LogP contribution in [0, 0.1) is 24.0 Å². The summed E-state index contributed by atoms with van der Waals surface area (Å²) in [6.45, 7) is 5.96. The largest absolute Gasteiger partial charge is 0.449 e. The van der Waals surface area contributed by atoms with Crippen LogP contribution >= 0.6 is 0 Å². The molecule has 0 heterocycles. The zero-order chi connectivity index (χ0) is 22.3. The number of anilines is 2. The van der Waals surface area contributed by atoms with Crippen LogP contribution in [0.2, 0.25) is 0 Å². The van der Waals surface area contributed by atoms with E-state index in [2.05, 4.69) is 10.6 Å². The summed E-state index contributed by atoms with van der Waals surface area (Å²) in [7, 11) is 1.53. The third-order valence-electron chi connectivity index (χ3n) is 4.36. The maximum atomic E-state index is 12.7. The molecule has 0 saturated carbocycles.